The number of benzene rings is 1. The molecule has 146 valence electrons. The summed E-state index contributed by atoms with van der Waals surface area (Å²) in [7, 11) is 0. The van der Waals surface area contributed by atoms with Crippen molar-refractivity contribution in [2.75, 3.05) is 13.1 Å². The number of aromatic nitrogens is 3. The Labute approximate surface area is 163 Å². The lowest BCUT2D eigenvalue weighted by molar-refractivity contribution is -0.141. The maximum absolute atomic E-state index is 12.8. The second-order valence-electron chi connectivity index (χ2n) is 6.63. The van der Waals surface area contributed by atoms with E-state index in [2.05, 4.69) is 10.1 Å². The lowest BCUT2D eigenvalue weighted by atomic mass is 10.1. The van der Waals surface area contributed by atoms with Gasteiger partial charge in [-0.05, 0) is 18.9 Å². The van der Waals surface area contributed by atoms with E-state index in [1.807, 2.05) is 30.3 Å². The van der Waals surface area contributed by atoms with Crippen molar-refractivity contribution >= 4 is 17.2 Å². The number of halogens is 3. The number of carbonyl (C=O) groups is 1. The van der Waals surface area contributed by atoms with E-state index in [1.54, 1.807) is 10.3 Å². The van der Waals surface area contributed by atoms with Crippen molar-refractivity contribution in [2.24, 2.45) is 0 Å². The summed E-state index contributed by atoms with van der Waals surface area (Å²) >= 11 is 1.40. The average Bonchev–Trinajstić information content (AvgIpc) is 3.38. The van der Waals surface area contributed by atoms with Crippen molar-refractivity contribution in [3.8, 4) is 10.6 Å². The van der Waals surface area contributed by atoms with Gasteiger partial charge in [0, 0.05) is 30.2 Å². The molecule has 1 amide bonds. The summed E-state index contributed by atoms with van der Waals surface area (Å²) < 4.78 is 39.7. The summed E-state index contributed by atoms with van der Waals surface area (Å²) in [5.74, 6) is -0.202. The van der Waals surface area contributed by atoms with Crippen molar-refractivity contribution in [3.05, 3.63) is 59.4 Å². The zero-order valence-corrected chi connectivity index (χ0v) is 15.6. The number of alkyl halides is 3. The molecule has 5 nitrogen and oxygen atoms in total. The van der Waals surface area contributed by atoms with Crippen LogP contribution in [0.5, 0.6) is 0 Å². The third kappa shape index (κ3) is 3.80. The maximum atomic E-state index is 12.8. The smallest absolute Gasteiger partial charge is 0.335 e. The highest BCUT2D eigenvalue weighted by atomic mass is 32.1. The number of hydrogen-bond acceptors (Lipinski definition) is 4. The molecule has 4 rings (SSSR count). The molecule has 28 heavy (non-hydrogen) atoms. The summed E-state index contributed by atoms with van der Waals surface area (Å²) in [6.07, 6.45) is -1.76. The number of likely N-dealkylation sites (tertiary alicyclic amines) is 1. The van der Waals surface area contributed by atoms with Crippen molar-refractivity contribution in [3.63, 3.8) is 0 Å². The van der Waals surface area contributed by atoms with Crippen LogP contribution in [-0.2, 0) is 6.18 Å². The largest absolute Gasteiger partial charge is 0.435 e. The number of amides is 1. The Bertz CT molecular complexity index is 967. The molecule has 3 aromatic rings. The molecule has 2 aromatic heterocycles. The summed E-state index contributed by atoms with van der Waals surface area (Å²) in [6.45, 7) is 0.872. The second kappa shape index (κ2) is 7.38. The van der Waals surface area contributed by atoms with Crippen LogP contribution in [0.1, 0.15) is 35.1 Å². The minimum atomic E-state index is -4.47. The van der Waals surface area contributed by atoms with Gasteiger partial charge >= 0.3 is 6.18 Å². The SMILES string of the molecule is O=C(c1csc(-c2ccccc2)n1)N1CCC[C@H](n2ccc(C(F)(F)F)n2)C1. The molecule has 1 aromatic carbocycles. The Morgan fingerprint density at radius 2 is 1.96 bits per heavy atom. The van der Waals surface area contributed by atoms with E-state index in [-0.39, 0.29) is 11.9 Å². The molecule has 1 aliphatic heterocycles. The number of rotatable bonds is 3. The fourth-order valence-corrected chi connectivity index (χ4v) is 4.09. The lowest BCUT2D eigenvalue weighted by Crippen LogP contribution is -2.41. The standard InChI is InChI=1S/C19H17F3N4OS/c20-19(21,22)16-8-10-26(24-16)14-7-4-9-25(11-14)18(27)15-12-28-17(23-15)13-5-2-1-3-6-13/h1-3,5-6,8,10,12,14H,4,7,9,11H2/t14-/m0/s1. The summed E-state index contributed by atoms with van der Waals surface area (Å²) in [6, 6.07) is 10.3. The average molecular weight is 406 g/mol. The Morgan fingerprint density at radius 3 is 2.68 bits per heavy atom. The second-order valence-corrected chi connectivity index (χ2v) is 7.49. The van der Waals surface area contributed by atoms with Crippen LogP contribution in [0.3, 0.4) is 0 Å². The van der Waals surface area contributed by atoms with Crippen LogP contribution >= 0.6 is 11.3 Å². The van der Waals surface area contributed by atoms with Crippen LogP contribution in [0, 0.1) is 0 Å². The van der Waals surface area contributed by atoms with E-state index >= 15 is 0 Å². The number of nitrogens with zero attached hydrogens (tertiary/aromatic N) is 4. The van der Waals surface area contributed by atoms with Gasteiger partial charge in [-0.2, -0.15) is 18.3 Å². The molecule has 1 saturated heterocycles. The number of hydrogen-bond donors (Lipinski definition) is 0. The fraction of sp³-hybridized carbons (Fsp3) is 0.316. The quantitative estimate of drug-likeness (QED) is 0.643. The molecule has 0 spiro atoms. The first kappa shape index (κ1) is 18.7. The van der Waals surface area contributed by atoms with Gasteiger partial charge in [0.15, 0.2) is 5.69 Å². The minimum absolute atomic E-state index is 0.202. The molecule has 0 unspecified atom stereocenters. The van der Waals surface area contributed by atoms with E-state index in [0.717, 1.165) is 16.6 Å². The first-order chi connectivity index (χ1) is 13.4. The van der Waals surface area contributed by atoms with Crippen LogP contribution < -0.4 is 0 Å². The van der Waals surface area contributed by atoms with Crippen molar-refractivity contribution in [2.45, 2.75) is 25.1 Å². The van der Waals surface area contributed by atoms with Gasteiger partial charge in [0.2, 0.25) is 0 Å². The molecule has 0 bridgehead atoms. The zero-order valence-electron chi connectivity index (χ0n) is 14.8. The molecule has 9 heteroatoms. The van der Waals surface area contributed by atoms with Gasteiger partial charge in [0.25, 0.3) is 5.91 Å². The van der Waals surface area contributed by atoms with Crippen molar-refractivity contribution in [1.82, 2.24) is 19.7 Å². The molecule has 0 N–H and O–H groups in total. The first-order valence-corrected chi connectivity index (χ1v) is 9.72. The van der Waals surface area contributed by atoms with Crippen LogP contribution in [0.4, 0.5) is 13.2 Å². The Morgan fingerprint density at radius 1 is 1.18 bits per heavy atom. The van der Waals surface area contributed by atoms with Crippen LogP contribution in [0.2, 0.25) is 0 Å². The van der Waals surface area contributed by atoms with Gasteiger partial charge < -0.3 is 4.90 Å². The molecule has 3 heterocycles. The Balaban J connectivity index is 1.48. The lowest BCUT2D eigenvalue weighted by Gasteiger charge is -2.32. The van der Waals surface area contributed by atoms with E-state index in [9.17, 15) is 18.0 Å². The van der Waals surface area contributed by atoms with Gasteiger partial charge in [0.1, 0.15) is 10.7 Å². The highest BCUT2D eigenvalue weighted by Crippen LogP contribution is 2.30. The predicted octanol–water partition coefficient (Wildman–Crippen LogP) is 4.50. The summed E-state index contributed by atoms with van der Waals surface area (Å²) in [5, 5.41) is 6.15. The molecular formula is C19H17F3N4OS. The van der Waals surface area contributed by atoms with Gasteiger partial charge in [0.05, 0.1) is 6.04 Å². The molecule has 1 atom stereocenters. The highest BCUT2D eigenvalue weighted by Gasteiger charge is 2.35. The number of thiazole rings is 1. The van der Waals surface area contributed by atoms with Crippen molar-refractivity contribution < 1.29 is 18.0 Å². The van der Waals surface area contributed by atoms with E-state index in [4.69, 9.17) is 0 Å². The summed E-state index contributed by atoms with van der Waals surface area (Å²) in [5.41, 5.74) is 0.392. The molecule has 0 saturated carbocycles. The molecule has 0 radical (unpaired) electrons. The van der Waals surface area contributed by atoms with Gasteiger partial charge in [-0.1, -0.05) is 30.3 Å². The Kier molecular flexibility index (Phi) is 4.92. The van der Waals surface area contributed by atoms with E-state index in [0.29, 0.717) is 31.6 Å². The molecule has 1 aliphatic rings. The summed E-state index contributed by atoms with van der Waals surface area (Å²) in [4.78, 5) is 18.9. The number of carbonyl (C=O) groups excluding carboxylic acids is 1. The minimum Gasteiger partial charge on any atom is -0.335 e. The maximum Gasteiger partial charge on any atom is 0.435 e. The predicted molar refractivity (Wildman–Crippen MR) is 99.0 cm³/mol. The van der Waals surface area contributed by atoms with Crippen molar-refractivity contribution in [1.29, 1.82) is 0 Å². The zero-order chi connectivity index (χ0) is 19.7. The van der Waals surface area contributed by atoms with Crippen LogP contribution in [-0.4, -0.2) is 38.7 Å². The molecule has 1 fully saturated rings. The van der Waals surface area contributed by atoms with E-state index < -0.39 is 11.9 Å². The topological polar surface area (TPSA) is 51.0 Å². The Hall–Kier alpha value is -2.68. The third-order valence-electron chi connectivity index (χ3n) is 4.70. The molecular weight excluding hydrogens is 389 g/mol. The fourth-order valence-electron chi connectivity index (χ4n) is 3.29. The normalized spacial score (nSPS) is 17.7. The third-order valence-corrected chi connectivity index (χ3v) is 5.59. The van der Waals surface area contributed by atoms with Gasteiger partial charge in [-0.15, -0.1) is 11.3 Å². The van der Waals surface area contributed by atoms with Gasteiger partial charge in [-0.3, -0.25) is 9.48 Å². The molecule has 0 aliphatic carbocycles. The highest BCUT2D eigenvalue weighted by molar-refractivity contribution is 7.13. The monoisotopic (exact) mass is 406 g/mol. The number of piperidine rings is 1. The first-order valence-electron chi connectivity index (χ1n) is 8.84. The van der Waals surface area contributed by atoms with Crippen LogP contribution in [0.15, 0.2) is 48.0 Å². The van der Waals surface area contributed by atoms with Crippen LogP contribution in [0.25, 0.3) is 10.6 Å². The van der Waals surface area contributed by atoms with Gasteiger partial charge in [-0.25, -0.2) is 4.98 Å². The van der Waals surface area contributed by atoms with E-state index in [1.165, 1.54) is 22.2 Å².